The molecule has 1 aromatic rings. The molecule has 0 saturated heterocycles. The number of halogens is 3. The monoisotopic (exact) mass is 363 g/mol. The molecule has 25 heavy (non-hydrogen) atoms. The molecule has 0 spiro atoms. The molecule has 1 aromatic carbocycles. The molecule has 3 N–H and O–H groups in total. The first-order valence-corrected chi connectivity index (χ1v) is 7.34. The van der Waals surface area contributed by atoms with Gasteiger partial charge in [0.2, 0.25) is 0 Å². The molecule has 1 amide bonds. The number of hydrogen-bond acceptors (Lipinski definition) is 5. The molecule has 0 heterocycles. The third kappa shape index (κ3) is 6.35. The minimum atomic E-state index is -4.64. The SMILES string of the molecule is CC(C)(C)OC(=O)NCC(O)C(O)c1ccc(C(F)(F)F)cc1C=O. The van der Waals surface area contributed by atoms with Gasteiger partial charge < -0.3 is 20.3 Å². The Labute approximate surface area is 142 Å². The molecule has 2 unspecified atom stereocenters. The number of aliphatic hydroxyl groups is 2. The number of ether oxygens (including phenoxy) is 1. The average Bonchev–Trinajstić information content (AvgIpc) is 2.48. The van der Waals surface area contributed by atoms with Gasteiger partial charge in [-0.15, -0.1) is 0 Å². The Bertz CT molecular complexity index is 625. The molecule has 6 nitrogen and oxygen atoms in total. The Balaban J connectivity index is 2.83. The fourth-order valence-corrected chi connectivity index (χ4v) is 1.94. The van der Waals surface area contributed by atoms with Crippen LogP contribution in [0.3, 0.4) is 0 Å². The van der Waals surface area contributed by atoms with Crippen molar-refractivity contribution in [2.75, 3.05) is 6.54 Å². The predicted molar refractivity (Wildman–Crippen MR) is 82.0 cm³/mol. The van der Waals surface area contributed by atoms with Gasteiger partial charge in [-0.05, 0) is 38.5 Å². The van der Waals surface area contributed by atoms with E-state index < -0.39 is 47.8 Å². The van der Waals surface area contributed by atoms with E-state index >= 15 is 0 Å². The highest BCUT2D eigenvalue weighted by atomic mass is 19.4. The number of aldehydes is 1. The quantitative estimate of drug-likeness (QED) is 0.699. The number of nitrogens with one attached hydrogen (secondary N) is 1. The van der Waals surface area contributed by atoms with Crippen molar-refractivity contribution in [1.29, 1.82) is 0 Å². The Morgan fingerprint density at radius 1 is 1.28 bits per heavy atom. The first-order valence-electron chi connectivity index (χ1n) is 7.34. The first-order chi connectivity index (χ1) is 11.3. The van der Waals surface area contributed by atoms with E-state index in [-0.39, 0.29) is 11.8 Å². The van der Waals surface area contributed by atoms with Crippen molar-refractivity contribution in [3.63, 3.8) is 0 Å². The largest absolute Gasteiger partial charge is 0.444 e. The molecule has 0 saturated carbocycles. The predicted octanol–water partition coefficient (Wildman–Crippen LogP) is 2.44. The van der Waals surface area contributed by atoms with Crippen molar-refractivity contribution in [2.24, 2.45) is 0 Å². The molecule has 0 aliphatic rings. The fraction of sp³-hybridized carbons (Fsp3) is 0.500. The van der Waals surface area contributed by atoms with E-state index in [0.717, 1.165) is 6.07 Å². The molecular formula is C16H20F3NO5. The molecule has 0 radical (unpaired) electrons. The second kappa shape index (κ2) is 7.83. The Hall–Kier alpha value is -2.13. The summed E-state index contributed by atoms with van der Waals surface area (Å²) in [6, 6.07) is 2.19. The summed E-state index contributed by atoms with van der Waals surface area (Å²) in [5.41, 5.74) is -2.39. The summed E-state index contributed by atoms with van der Waals surface area (Å²) < 4.78 is 42.9. The van der Waals surface area contributed by atoms with Crippen molar-refractivity contribution >= 4 is 12.4 Å². The van der Waals surface area contributed by atoms with Gasteiger partial charge in [-0.25, -0.2) is 4.79 Å². The lowest BCUT2D eigenvalue weighted by molar-refractivity contribution is -0.137. The lowest BCUT2D eigenvalue weighted by atomic mass is 9.97. The fourth-order valence-electron chi connectivity index (χ4n) is 1.94. The van der Waals surface area contributed by atoms with Crippen LogP contribution in [-0.2, 0) is 10.9 Å². The Kier molecular flexibility index (Phi) is 6.55. The molecule has 0 bridgehead atoms. The highest BCUT2D eigenvalue weighted by Crippen LogP contribution is 2.32. The van der Waals surface area contributed by atoms with Gasteiger partial charge in [-0.3, -0.25) is 4.79 Å². The van der Waals surface area contributed by atoms with Crippen LogP contribution in [-0.4, -0.2) is 40.8 Å². The third-order valence-corrected chi connectivity index (χ3v) is 3.08. The Morgan fingerprint density at radius 2 is 1.88 bits per heavy atom. The zero-order chi connectivity index (χ0) is 19.4. The summed E-state index contributed by atoms with van der Waals surface area (Å²) in [7, 11) is 0. The maximum Gasteiger partial charge on any atom is 0.416 e. The van der Waals surface area contributed by atoms with E-state index in [9.17, 15) is 33.0 Å². The number of alkyl halides is 3. The normalized spacial score (nSPS) is 14.6. The van der Waals surface area contributed by atoms with E-state index in [2.05, 4.69) is 5.32 Å². The molecule has 140 valence electrons. The lowest BCUT2D eigenvalue weighted by Gasteiger charge is -2.23. The smallest absolute Gasteiger partial charge is 0.416 e. The van der Waals surface area contributed by atoms with Gasteiger partial charge in [0.25, 0.3) is 0 Å². The molecule has 1 rings (SSSR count). The van der Waals surface area contributed by atoms with Crippen molar-refractivity contribution < 1.29 is 37.7 Å². The summed E-state index contributed by atoms with van der Waals surface area (Å²) in [5.74, 6) is 0. The summed E-state index contributed by atoms with van der Waals surface area (Å²) >= 11 is 0. The number of benzene rings is 1. The molecule has 0 aliphatic carbocycles. The van der Waals surface area contributed by atoms with Crippen LogP contribution in [0.5, 0.6) is 0 Å². The standard InChI is InChI=1S/C16H20F3NO5/c1-15(2,3)25-14(24)20-7-12(22)13(23)11-5-4-10(16(17,18)19)6-9(11)8-21/h4-6,8,12-13,22-23H,7H2,1-3H3,(H,20,24). The van der Waals surface area contributed by atoms with E-state index in [1.54, 1.807) is 20.8 Å². The maximum absolute atomic E-state index is 12.7. The zero-order valence-electron chi connectivity index (χ0n) is 13.9. The van der Waals surface area contributed by atoms with Crippen LogP contribution in [0.4, 0.5) is 18.0 Å². The minimum absolute atomic E-state index is 0.155. The number of hydrogen-bond donors (Lipinski definition) is 3. The molecular weight excluding hydrogens is 343 g/mol. The first kappa shape index (κ1) is 20.9. The van der Waals surface area contributed by atoms with Crippen LogP contribution in [0.25, 0.3) is 0 Å². The topological polar surface area (TPSA) is 95.9 Å². The molecule has 9 heteroatoms. The van der Waals surface area contributed by atoms with Gasteiger partial charge in [-0.2, -0.15) is 13.2 Å². The van der Waals surface area contributed by atoms with Gasteiger partial charge in [0.05, 0.1) is 5.56 Å². The van der Waals surface area contributed by atoms with E-state index in [1.165, 1.54) is 0 Å². The Morgan fingerprint density at radius 3 is 2.36 bits per heavy atom. The van der Waals surface area contributed by atoms with Gasteiger partial charge in [0.1, 0.15) is 24.1 Å². The molecule has 0 aromatic heterocycles. The number of rotatable bonds is 5. The van der Waals surface area contributed by atoms with Gasteiger partial charge >= 0.3 is 12.3 Å². The van der Waals surface area contributed by atoms with E-state index in [4.69, 9.17) is 4.74 Å². The number of amides is 1. The summed E-state index contributed by atoms with van der Waals surface area (Å²) in [5, 5.41) is 22.2. The van der Waals surface area contributed by atoms with Crippen LogP contribution in [0, 0.1) is 0 Å². The van der Waals surface area contributed by atoms with Gasteiger partial charge in [0.15, 0.2) is 0 Å². The third-order valence-electron chi connectivity index (χ3n) is 3.08. The number of aliphatic hydroxyl groups excluding tert-OH is 2. The van der Waals surface area contributed by atoms with Crippen molar-refractivity contribution in [1.82, 2.24) is 5.32 Å². The van der Waals surface area contributed by atoms with Gasteiger partial charge in [0, 0.05) is 12.1 Å². The summed E-state index contributed by atoms with van der Waals surface area (Å²) in [6.07, 6.45) is -8.54. The van der Waals surface area contributed by atoms with Crippen LogP contribution in [0.15, 0.2) is 18.2 Å². The average molecular weight is 363 g/mol. The summed E-state index contributed by atoms with van der Waals surface area (Å²) in [4.78, 5) is 22.5. The molecule has 0 fully saturated rings. The highest BCUT2D eigenvalue weighted by molar-refractivity contribution is 5.78. The molecule has 2 atom stereocenters. The summed E-state index contributed by atoms with van der Waals surface area (Å²) in [6.45, 7) is 4.48. The highest BCUT2D eigenvalue weighted by Gasteiger charge is 2.32. The van der Waals surface area contributed by atoms with Crippen molar-refractivity contribution in [3.8, 4) is 0 Å². The van der Waals surface area contributed by atoms with Gasteiger partial charge in [-0.1, -0.05) is 6.07 Å². The lowest BCUT2D eigenvalue weighted by Crippen LogP contribution is -2.39. The van der Waals surface area contributed by atoms with Crippen molar-refractivity contribution in [2.45, 2.75) is 44.8 Å². The van der Waals surface area contributed by atoms with Crippen LogP contribution < -0.4 is 5.32 Å². The minimum Gasteiger partial charge on any atom is -0.444 e. The van der Waals surface area contributed by atoms with Crippen LogP contribution in [0.2, 0.25) is 0 Å². The number of alkyl carbamates (subject to hydrolysis) is 1. The van der Waals surface area contributed by atoms with Crippen LogP contribution in [0.1, 0.15) is 48.4 Å². The number of carbonyl (C=O) groups excluding carboxylic acids is 2. The van der Waals surface area contributed by atoms with E-state index in [1.807, 2.05) is 0 Å². The maximum atomic E-state index is 12.7. The second-order valence-corrected chi connectivity index (χ2v) is 6.35. The van der Waals surface area contributed by atoms with E-state index in [0.29, 0.717) is 12.1 Å². The number of carbonyl (C=O) groups is 2. The zero-order valence-corrected chi connectivity index (χ0v) is 13.9. The van der Waals surface area contributed by atoms with Crippen molar-refractivity contribution in [3.05, 3.63) is 34.9 Å². The van der Waals surface area contributed by atoms with Crippen LogP contribution >= 0.6 is 0 Å². The molecule has 0 aliphatic heterocycles. The second-order valence-electron chi connectivity index (χ2n) is 6.35.